The van der Waals surface area contributed by atoms with E-state index in [2.05, 4.69) is 10.3 Å². The lowest BCUT2D eigenvalue weighted by molar-refractivity contribution is -0.385. The van der Waals surface area contributed by atoms with E-state index >= 15 is 0 Å². The predicted octanol–water partition coefficient (Wildman–Crippen LogP) is 1.52. The van der Waals surface area contributed by atoms with Crippen LogP contribution in [0.3, 0.4) is 0 Å². The first-order valence-corrected chi connectivity index (χ1v) is 6.05. The van der Waals surface area contributed by atoms with Crippen LogP contribution in [0.2, 0.25) is 0 Å². The first-order chi connectivity index (χ1) is 9.06. The summed E-state index contributed by atoms with van der Waals surface area (Å²) in [5.41, 5.74) is 0.0810. The number of methoxy groups -OCH3 is 1. The molecule has 2 rings (SSSR count). The first-order valence-electron chi connectivity index (χ1n) is 6.05. The second kappa shape index (κ2) is 5.50. The molecule has 0 bridgehead atoms. The molecule has 0 saturated carbocycles. The fraction of sp³-hybridized carbons (Fsp3) is 0.583. The molecule has 0 spiro atoms. The second-order valence-electron chi connectivity index (χ2n) is 4.60. The molecule has 7 heteroatoms. The van der Waals surface area contributed by atoms with Gasteiger partial charge in [-0.15, -0.1) is 0 Å². The van der Waals surface area contributed by atoms with Gasteiger partial charge in [-0.25, -0.2) is 4.98 Å². The van der Waals surface area contributed by atoms with Gasteiger partial charge < -0.3 is 14.8 Å². The topological polar surface area (TPSA) is 86.5 Å². The summed E-state index contributed by atoms with van der Waals surface area (Å²) in [6, 6.07) is 3.06. The summed E-state index contributed by atoms with van der Waals surface area (Å²) >= 11 is 0. The molecular formula is C12H17N3O4. The van der Waals surface area contributed by atoms with Crippen molar-refractivity contribution in [2.75, 3.05) is 32.2 Å². The Labute approximate surface area is 111 Å². The van der Waals surface area contributed by atoms with Crippen LogP contribution >= 0.6 is 0 Å². The molecule has 0 amide bonds. The van der Waals surface area contributed by atoms with E-state index in [4.69, 9.17) is 9.47 Å². The van der Waals surface area contributed by atoms with Crippen molar-refractivity contribution in [2.45, 2.75) is 18.9 Å². The van der Waals surface area contributed by atoms with Crippen LogP contribution in [-0.4, -0.2) is 42.4 Å². The van der Waals surface area contributed by atoms with Gasteiger partial charge in [-0.2, -0.15) is 0 Å². The molecule has 19 heavy (non-hydrogen) atoms. The Morgan fingerprint density at radius 1 is 1.63 bits per heavy atom. The number of rotatable bonds is 5. The van der Waals surface area contributed by atoms with E-state index in [-0.39, 0.29) is 11.3 Å². The van der Waals surface area contributed by atoms with Gasteiger partial charge in [-0.05, 0) is 13.0 Å². The Bertz CT molecular complexity index is 472. The van der Waals surface area contributed by atoms with E-state index in [9.17, 15) is 10.1 Å². The van der Waals surface area contributed by atoms with Gasteiger partial charge in [0.1, 0.15) is 17.1 Å². The molecular weight excluding hydrogens is 250 g/mol. The number of ether oxygens (including phenoxy) is 2. The van der Waals surface area contributed by atoms with Crippen LogP contribution in [0.5, 0.6) is 0 Å². The Hall–Kier alpha value is -1.73. The van der Waals surface area contributed by atoms with E-state index < -0.39 is 4.92 Å². The largest absolute Gasteiger partial charge is 0.378 e. The van der Waals surface area contributed by atoms with Gasteiger partial charge in [0.05, 0.1) is 11.5 Å². The number of pyridine rings is 1. The van der Waals surface area contributed by atoms with Gasteiger partial charge in [0, 0.05) is 32.7 Å². The number of anilines is 1. The van der Waals surface area contributed by atoms with Crippen molar-refractivity contribution < 1.29 is 14.4 Å². The smallest absolute Gasteiger partial charge is 0.290 e. The monoisotopic (exact) mass is 267 g/mol. The third kappa shape index (κ3) is 2.99. The molecule has 1 N–H and O–H groups in total. The van der Waals surface area contributed by atoms with Crippen molar-refractivity contribution in [3.8, 4) is 0 Å². The highest BCUT2D eigenvalue weighted by atomic mass is 16.6. The molecule has 1 saturated heterocycles. The summed E-state index contributed by atoms with van der Waals surface area (Å²) in [5.74, 6) is 0.603. The Morgan fingerprint density at radius 2 is 2.42 bits per heavy atom. The van der Waals surface area contributed by atoms with Crippen LogP contribution in [0.1, 0.15) is 12.1 Å². The molecule has 2 heterocycles. The normalized spacial score (nSPS) is 22.4. The molecule has 1 aliphatic heterocycles. The summed E-state index contributed by atoms with van der Waals surface area (Å²) in [4.78, 5) is 14.4. The molecule has 104 valence electrons. The van der Waals surface area contributed by atoms with Gasteiger partial charge in [-0.1, -0.05) is 0 Å². The van der Waals surface area contributed by atoms with Gasteiger partial charge in [0.25, 0.3) is 5.69 Å². The highest BCUT2D eigenvalue weighted by Crippen LogP contribution is 2.24. The minimum atomic E-state index is -0.437. The summed E-state index contributed by atoms with van der Waals surface area (Å²) < 4.78 is 10.8. The average molecular weight is 267 g/mol. The maximum absolute atomic E-state index is 10.7. The fourth-order valence-electron chi connectivity index (χ4n) is 2.06. The quantitative estimate of drug-likeness (QED) is 0.643. The van der Waals surface area contributed by atoms with E-state index in [0.29, 0.717) is 31.3 Å². The standard InChI is InChI=1S/C12H17N3O4/c1-9-10(15(16)17)3-4-11(14-9)13-7-12(18-2)5-6-19-8-12/h3-4H,5-8H2,1-2H3,(H,13,14). The van der Waals surface area contributed by atoms with Gasteiger partial charge >= 0.3 is 0 Å². The molecule has 1 unspecified atom stereocenters. The lowest BCUT2D eigenvalue weighted by Crippen LogP contribution is -2.39. The summed E-state index contributed by atoms with van der Waals surface area (Å²) in [6.45, 7) is 3.41. The molecule has 1 aromatic rings. The van der Waals surface area contributed by atoms with Crippen LogP contribution in [0.15, 0.2) is 12.1 Å². The zero-order valence-corrected chi connectivity index (χ0v) is 11.0. The van der Waals surface area contributed by atoms with E-state index in [0.717, 1.165) is 6.42 Å². The first kappa shape index (κ1) is 13.7. The Morgan fingerprint density at radius 3 is 2.95 bits per heavy atom. The summed E-state index contributed by atoms with van der Waals surface area (Å²) in [5, 5.41) is 13.9. The van der Waals surface area contributed by atoms with Gasteiger partial charge in [0.2, 0.25) is 0 Å². The van der Waals surface area contributed by atoms with Crippen LogP contribution in [0.25, 0.3) is 0 Å². The number of aryl methyl sites for hydroxylation is 1. The number of hydrogen-bond acceptors (Lipinski definition) is 6. The molecule has 0 radical (unpaired) electrons. The molecule has 1 aromatic heterocycles. The highest BCUT2D eigenvalue weighted by molar-refractivity contribution is 5.45. The third-order valence-corrected chi connectivity index (χ3v) is 3.35. The molecule has 1 aliphatic rings. The lowest BCUT2D eigenvalue weighted by Gasteiger charge is -2.26. The van der Waals surface area contributed by atoms with Crippen molar-refractivity contribution in [3.05, 3.63) is 27.9 Å². The summed E-state index contributed by atoms with van der Waals surface area (Å²) in [6.07, 6.45) is 0.822. The van der Waals surface area contributed by atoms with Crippen molar-refractivity contribution in [1.29, 1.82) is 0 Å². The van der Waals surface area contributed by atoms with Crippen LogP contribution < -0.4 is 5.32 Å². The van der Waals surface area contributed by atoms with E-state index in [1.807, 2.05) is 0 Å². The van der Waals surface area contributed by atoms with Crippen molar-refractivity contribution >= 4 is 11.5 Å². The molecule has 7 nitrogen and oxygen atoms in total. The van der Waals surface area contributed by atoms with E-state index in [1.54, 1.807) is 20.1 Å². The van der Waals surface area contributed by atoms with Crippen LogP contribution in [0, 0.1) is 17.0 Å². The van der Waals surface area contributed by atoms with Crippen molar-refractivity contribution in [3.63, 3.8) is 0 Å². The fourth-order valence-corrected chi connectivity index (χ4v) is 2.06. The van der Waals surface area contributed by atoms with Gasteiger partial charge in [-0.3, -0.25) is 10.1 Å². The second-order valence-corrected chi connectivity index (χ2v) is 4.60. The maximum Gasteiger partial charge on any atom is 0.290 e. The number of nitro groups is 1. The SMILES string of the molecule is COC1(CNc2ccc([N+](=O)[O-])c(C)n2)CCOC1. The maximum atomic E-state index is 10.7. The molecule has 1 atom stereocenters. The average Bonchev–Trinajstić information content (AvgIpc) is 2.85. The van der Waals surface area contributed by atoms with Crippen LogP contribution in [0.4, 0.5) is 11.5 Å². The zero-order valence-electron chi connectivity index (χ0n) is 11.0. The molecule has 0 aliphatic carbocycles. The van der Waals surface area contributed by atoms with E-state index in [1.165, 1.54) is 6.07 Å². The lowest BCUT2D eigenvalue weighted by atomic mass is 10.0. The Balaban J connectivity index is 2.03. The summed E-state index contributed by atoms with van der Waals surface area (Å²) in [7, 11) is 1.66. The highest BCUT2D eigenvalue weighted by Gasteiger charge is 2.34. The number of aromatic nitrogens is 1. The molecule has 1 fully saturated rings. The number of nitrogens with zero attached hydrogens (tertiary/aromatic N) is 2. The zero-order chi connectivity index (χ0) is 13.9. The van der Waals surface area contributed by atoms with Crippen molar-refractivity contribution in [1.82, 2.24) is 4.98 Å². The minimum Gasteiger partial charge on any atom is -0.378 e. The number of hydrogen-bond donors (Lipinski definition) is 1. The van der Waals surface area contributed by atoms with Gasteiger partial charge in [0.15, 0.2) is 0 Å². The number of nitrogens with one attached hydrogen (secondary N) is 1. The Kier molecular flexibility index (Phi) is 3.96. The third-order valence-electron chi connectivity index (χ3n) is 3.35. The van der Waals surface area contributed by atoms with Crippen molar-refractivity contribution in [2.24, 2.45) is 0 Å². The predicted molar refractivity (Wildman–Crippen MR) is 69.3 cm³/mol. The van der Waals surface area contributed by atoms with Crippen LogP contribution in [-0.2, 0) is 9.47 Å². The molecule has 0 aromatic carbocycles. The minimum absolute atomic E-state index is 0.0243.